The van der Waals surface area contributed by atoms with Gasteiger partial charge in [-0.05, 0) is 23.8 Å². The van der Waals surface area contributed by atoms with E-state index >= 15 is 0 Å². The zero-order valence-corrected chi connectivity index (χ0v) is 9.65. The monoisotopic (exact) mass is 245 g/mol. The highest BCUT2D eigenvalue weighted by molar-refractivity contribution is 5.86. The second-order valence-electron chi connectivity index (χ2n) is 2.93. The Morgan fingerprint density at radius 2 is 2.00 bits per heavy atom. The zero-order valence-electron chi connectivity index (χ0n) is 9.65. The molecule has 2 N–H and O–H groups in total. The van der Waals surface area contributed by atoms with Crippen LogP contribution in [-0.4, -0.2) is 10.8 Å². The molecule has 0 aliphatic heterocycles. The molecular weight excluding hydrogens is 234 g/mol. The summed E-state index contributed by atoms with van der Waals surface area (Å²) in [6, 6.07) is 5.28. The van der Waals surface area contributed by atoms with Crippen molar-refractivity contribution in [1.82, 2.24) is 4.57 Å². The molecular formula is C11H11N5O2. The predicted molar refractivity (Wildman–Crippen MR) is 66.6 cm³/mol. The Labute approximate surface area is 103 Å². The van der Waals surface area contributed by atoms with E-state index in [1.165, 1.54) is 10.8 Å². The Hall–Kier alpha value is -3.06. The quantitative estimate of drug-likeness (QED) is 0.450. The average Bonchev–Trinajstić information content (AvgIpc) is 2.71. The maximum absolute atomic E-state index is 11.1. The van der Waals surface area contributed by atoms with Crippen LogP contribution in [0.3, 0.4) is 0 Å². The van der Waals surface area contributed by atoms with Crippen molar-refractivity contribution >= 4 is 17.3 Å². The minimum absolute atomic E-state index is 0.373. The summed E-state index contributed by atoms with van der Waals surface area (Å²) >= 11 is 0. The summed E-state index contributed by atoms with van der Waals surface area (Å²) in [5.41, 5.74) is 2.12. The Bertz CT molecular complexity index is 627. The largest absolute Gasteiger partial charge is 0.419 e. The first-order chi connectivity index (χ1) is 8.72. The van der Waals surface area contributed by atoms with Gasteiger partial charge in [-0.1, -0.05) is 0 Å². The van der Waals surface area contributed by atoms with E-state index in [-0.39, 0.29) is 5.76 Å². The number of aryl methyl sites for hydroxylation is 1. The Morgan fingerprint density at radius 3 is 2.56 bits per heavy atom. The van der Waals surface area contributed by atoms with Gasteiger partial charge in [0.05, 0.1) is 11.7 Å². The minimum Gasteiger partial charge on any atom is -0.408 e. The van der Waals surface area contributed by atoms with Gasteiger partial charge in [0.25, 0.3) is 0 Å². The number of aromatic nitrogens is 1. The van der Waals surface area contributed by atoms with Gasteiger partial charge in [0, 0.05) is 20.2 Å². The number of fused-ring (bicyclic) bond motifs is 1. The molecule has 2 rings (SSSR count). The summed E-state index contributed by atoms with van der Waals surface area (Å²) in [5, 5.41) is 16.4. The summed E-state index contributed by atoms with van der Waals surface area (Å²) in [5.74, 6) is 4.65. The lowest BCUT2D eigenvalue weighted by Crippen LogP contribution is -2.08. The molecule has 0 aliphatic rings. The Kier molecular flexibility index (Phi) is 6.02. The Morgan fingerprint density at radius 1 is 1.39 bits per heavy atom. The highest BCUT2D eigenvalue weighted by atomic mass is 16.4. The van der Waals surface area contributed by atoms with Crippen molar-refractivity contribution in [3.8, 4) is 13.1 Å². The molecule has 0 fully saturated rings. The molecule has 18 heavy (non-hydrogen) atoms. The highest BCUT2D eigenvalue weighted by Crippen LogP contribution is 2.12. The van der Waals surface area contributed by atoms with Gasteiger partial charge >= 0.3 is 5.76 Å². The first-order valence-corrected chi connectivity index (χ1v) is 4.57. The van der Waals surface area contributed by atoms with E-state index in [1.54, 1.807) is 25.2 Å². The van der Waals surface area contributed by atoms with Crippen molar-refractivity contribution in [2.45, 2.75) is 0 Å². The SMILES string of the molecule is C#N.C#N.Cn1c(=O)oc2ccc(C=NN)cc21. The van der Waals surface area contributed by atoms with Crippen LogP contribution in [0.4, 0.5) is 0 Å². The summed E-state index contributed by atoms with van der Waals surface area (Å²) < 4.78 is 6.40. The molecule has 7 heteroatoms. The number of rotatable bonds is 1. The smallest absolute Gasteiger partial charge is 0.408 e. The lowest BCUT2D eigenvalue weighted by atomic mass is 10.2. The average molecular weight is 245 g/mol. The topological polar surface area (TPSA) is 121 Å². The summed E-state index contributed by atoms with van der Waals surface area (Å²) in [7, 11) is 1.65. The Balaban J connectivity index is 0.000000659. The normalized spacial score (nSPS) is 9.17. The third-order valence-corrected chi connectivity index (χ3v) is 2.04. The molecule has 0 saturated heterocycles. The molecule has 0 spiro atoms. The summed E-state index contributed by atoms with van der Waals surface area (Å²) in [6.45, 7) is 7.00. The van der Waals surface area contributed by atoms with Crippen LogP contribution in [0.25, 0.3) is 11.1 Å². The van der Waals surface area contributed by atoms with Crippen LogP contribution >= 0.6 is 0 Å². The summed E-state index contributed by atoms with van der Waals surface area (Å²) in [6.07, 6.45) is 1.51. The van der Waals surface area contributed by atoms with E-state index in [0.29, 0.717) is 5.58 Å². The molecule has 7 nitrogen and oxygen atoms in total. The number of hydrogen-bond donors (Lipinski definition) is 1. The van der Waals surface area contributed by atoms with Crippen molar-refractivity contribution in [2.75, 3.05) is 0 Å². The number of benzene rings is 1. The molecule has 0 amide bonds. The van der Waals surface area contributed by atoms with Gasteiger partial charge in [-0.25, -0.2) is 15.3 Å². The van der Waals surface area contributed by atoms with E-state index < -0.39 is 0 Å². The van der Waals surface area contributed by atoms with Gasteiger partial charge in [-0.2, -0.15) is 5.10 Å². The molecule has 0 aliphatic carbocycles. The highest BCUT2D eigenvalue weighted by Gasteiger charge is 2.04. The van der Waals surface area contributed by atoms with Crippen LogP contribution in [-0.2, 0) is 7.05 Å². The van der Waals surface area contributed by atoms with Gasteiger partial charge in [-0.3, -0.25) is 4.57 Å². The molecule has 0 atom stereocenters. The van der Waals surface area contributed by atoms with Crippen LogP contribution in [0.1, 0.15) is 5.56 Å². The number of hydrazone groups is 1. The minimum atomic E-state index is -0.373. The number of nitrogens with two attached hydrogens (primary N) is 1. The van der Waals surface area contributed by atoms with Gasteiger partial charge in [0.15, 0.2) is 5.58 Å². The molecule has 0 saturated carbocycles. The van der Waals surface area contributed by atoms with Gasteiger partial charge in [0.2, 0.25) is 0 Å². The van der Waals surface area contributed by atoms with E-state index in [4.69, 9.17) is 20.8 Å². The number of hydrogen-bond acceptors (Lipinski definition) is 6. The number of nitrogens with zero attached hydrogens (tertiary/aromatic N) is 4. The van der Waals surface area contributed by atoms with Crippen molar-refractivity contribution in [3.05, 3.63) is 34.3 Å². The number of nitriles is 2. The van der Waals surface area contributed by atoms with Crippen molar-refractivity contribution < 1.29 is 4.42 Å². The van der Waals surface area contributed by atoms with Crippen LogP contribution in [0.5, 0.6) is 0 Å². The fourth-order valence-electron chi connectivity index (χ4n) is 1.31. The number of oxazole rings is 1. The van der Waals surface area contributed by atoms with Crippen molar-refractivity contribution in [3.63, 3.8) is 0 Å². The van der Waals surface area contributed by atoms with Crippen LogP contribution in [0.2, 0.25) is 0 Å². The molecule has 1 aromatic carbocycles. The fraction of sp³-hybridized carbons (Fsp3) is 0.0909. The van der Waals surface area contributed by atoms with E-state index in [2.05, 4.69) is 18.2 Å². The molecule has 0 radical (unpaired) electrons. The van der Waals surface area contributed by atoms with Crippen molar-refractivity contribution in [2.24, 2.45) is 18.0 Å². The second-order valence-corrected chi connectivity index (χ2v) is 2.93. The third-order valence-electron chi connectivity index (χ3n) is 2.04. The van der Waals surface area contributed by atoms with E-state index in [0.717, 1.165) is 11.1 Å². The standard InChI is InChI=1S/C9H9N3O2.2CHN/c1-12-7-4-6(5-11-10)2-3-8(7)14-9(12)13;2*1-2/h2-5H,10H2,1H3;2*1H. The molecule has 0 unspecified atom stereocenters. The van der Waals surface area contributed by atoms with Gasteiger partial charge in [-0.15, -0.1) is 0 Å². The lowest BCUT2D eigenvalue weighted by Gasteiger charge is -1.93. The third kappa shape index (κ3) is 2.97. The molecule has 2 aromatic rings. The maximum Gasteiger partial charge on any atom is 0.419 e. The lowest BCUT2D eigenvalue weighted by molar-refractivity contribution is 0.528. The van der Waals surface area contributed by atoms with E-state index in [1.807, 2.05) is 0 Å². The molecule has 1 aromatic heterocycles. The molecule has 0 bridgehead atoms. The summed E-state index contributed by atoms with van der Waals surface area (Å²) in [4.78, 5) is 11.1. The van der Waals surface area contributed by atoms with E-state index in [9.17, 15) is 4.79 Å². The van der Waals surface area contributed by atoms with Gasteiger partial charge in [0.1, 0.15) is 0 Å². The molecule has 1 heterocycles. The second kappa shape index (κ2) is 7.25. The fourth-order valence-corrected chi connectivity index (χ4v) is 1.31. The molecule has 92 valence electrons. The van der Waals surface area contributed by atoms with Crippen molar-refractivity contribution in [1.29, 1.82) is 10.5 Å². The zero-order chi connectivity index (χ0) is 14.1. The first kappa shape index (κ1) is 14.9. The van der Waals surface area contributed by atoms with Crippen LogP contribution in [0, 0.1) is 23.7 Å². The van der Waals surface area contributed by atoms with Gasteiger partial charge < -0.3 is 10.3 Å². The first-order valence-electron chi connectivity index (χ1n) is 4.57. The van der Waals surface area contributed by atoms with Crippen LogP contribution in [0.15, 0.2) is 32.5 Å². The maximum atomic E-state index is 11.1. The van der Waals surface area contributed by atoms with Crippen LogP contribution < -0.4 is 11.6 Å². The predicted octanol–water partition coefficient (Wildman–Crippen LogP) is 0.704.